The summed E-state index contributed by atoms with van der Waals surface area (Å²) in [4.78, 5) is 20.0. The van der Waals surface area contributed by atoms with E-state index in [0.29, 0.717) is 16.5 Å². The van der Waals surface area contributed by atoms with E-state index in [9.17, 15) is 0 Å². The molecule has 164 valence electrons. The molecule has 1 aliphatic heterocycles. The molecule has 0 radical (unpaired) electrons. The van der Waals surface area contributed by atoms with Crippen molar-refractivity contribution in [3.8, 4) is 0 Å². The van der Waals surface area contributed by atoms with E-state index in [1.165, 1.54) is 19.3 Å². The highest BCUT2D eigenvalue weighted by molar-refractivity contribution is 7.99. The summed E-state index contributed by atoms with van der Waals surface area (Å²) in [7, 11) is 3.88. The molecule has 7 nitrogen and oxygen atoms in total. The van der Waals surface area contributed by atoms with Crippen molar-refractivity contribution in [2.24, 2.45) is 11.1 Å². The molecule has 0 bridgehead atoms. The van der Waals surface area contributed by atoms with E-state index in [1.807, 2.05) is 43.7 Å². The maximum Gasteiger partial charge on any atom is 0.211 e. The summed E-state index contributed by atoms with van der Waals surface area (Å²) in [6, 6.07) is 2.29. The number of imidazole rings is 1. The van der Waals surface area contributed by atoms with E-state index in [2.05, 4.69) is 19.3 Å². The average Bonchev–Trinajstić information content (AvgIpc) is 3.38. The maximum atomic E-state index is 6.61. The third-order valence-electron chi connectivity index (χ3n) is 6.87. The van der Waals surface area contributed by atoms with Crippen LogP contribution in [0.25, 0.3) is 5.65 Å². The van der Waals surface area contributed by atoms with Gasteiger partial charge in [-0.15, -0.1) is 0 Å². The van der Waals surface area contributed by atoms with Gasteiger partial charge in [0.05, 0.1) is 9.92 Å². The van der Waals surface area contributed by atoms with Gasteiger partial charge in [-0.3, -0.25) is 4.40 Å². The lowest BCUT2D eigenvalue weighted by atomic mass is 9.74. The number of hydrogen-bond donors (Lipinski definition) is 1. The van der Waals surface area contributed by atoms with Crippen LogP contribution >= 0.6 is 23.4 Å². The number of anilines is 2. The van der Waals surface area contributed by atoms with Crippen molar-refractivity contribution in [2.45, 2.75) is 47.9 Å². The Labute approximate surface area is 192 Å². The van der Waals surface area contributed by atoms with E-state index in [0.717, 1.165) is 53.1 Å². The van der Waals surface area contributed by atoms with Crippen molar-refractivity contribution in [2.75, 3.05) is 37.0 Å². The van der Waals surface area contributed by atoms with E-state index in [4.69, 9.17) is 22.3 Å². The number of nitrogens with two attached hydrogens (primary N) is 1. The van der Waals surface area contributed by atoms with Gasteiger partial charge in [-0.1, -0.05) is 29.8 Å². The van der Waals surface area contributed by atoms with Gasteiger partial charge < -0.3 is 15.5 Å². The molecule has 2 fully saturated rings. The molecular weight excluding hydrogens is 430 g/mol. The van der Waals surface area contributed by atoms with Crippen molar-refractivity contribution in [3.05, 3.63) is 35.9 Å². The number of aromatic nitrogens is 4. The lowest BCUT2D eigenvalue weighted by Gasteiger charge is -2.42. The van der Waals surface area contributed by atoms with Crippen molar-refractivity contribution >= 4 is 40.8 Å². The van der Waals surface area contributed by atoms with E-state index >= 15 is 0 Å². The van der Waals surface area contributed by atoms with E-state index in [-0.39, 0.29) is 0 Å². The van der Waals surface area contributed by atoms with Gasteiger partial charge in [-0.2, -0.15) is 0 Å². The Balaban J connectivity index is 1.41. The SMILES string of the molecule is CN(C)c1nccc(Sc2cnc(N3CCC4(CCC[C@H]4N)CC3)n3ccnc23)c1Cl. The van der Waals surface area contributed by atoms with Gasteiger partial charge in [0, 0.05) is 62.9 Å². The zero-order valence-electron chi connectivity index (χ0n) is 18.0. The molecule has 3 aromatic rings. The Hall–Kier alpha value is -2.03. The summed E-state index contributed by atoms with van der Waals surface area (Å²) in [5, 5.41) is 0.639. The molecule has 1 saturated heterocycles. The highest BCUT2D eigenvalue weighted by Crippen LogP contribution is 2.46. The molecular formula is C22H28ClN7S. The number of hydrogen-bond acceptors (Lipinski definition) is 7. The molecule has 2 N–H and O–H groups in total. The lowest BCUT2D eigenvalue weighted by molar-refractivity contribution is 0.197. The molecule has 2 aliphatic rings. The fourth-order valence-corrected chi connectivity index (χ4v) is 6.34. The van der Waals surface area contributed by atoms with Crippen LogP contribution in [0.5, 0.6) is 0 Å². The molecule has 3 aromatic heterocycles. The van der Waals surface area contributed by atoms with Gasteiger partial charge in [0.1, 0.15) is 5.82 Å². The number of pyridine rings is 1. The molecule has 1 atom stereocenters. The van der Waals surface area contributed by atoms with Crippen LogP contribution in [0, 0.1) is 5.41 Å². The molecule has 1 aliphatic carbocycles. The van der Waals surface area contributed by atoms with Gasteiger partial charge in [-0.05, 0) is 37.2 Å². The summed E-state index contributed by atoms with van der Waals surface area (Å²) >= 11 is 8.18. The first-order chi connectivity index (χ1) is 15.0. The highest BCUT2D eigenvalue weighted by Gasteiger charge is 2.43. The molecule has 1 spiro atoms. The smallest absolute Gasteiger partial charge is 0.211 e. The quantitative estimate of drug-likeness (QED) is 0.632. The minimum atomic E-state index is 0.336. The van der Waals surface area contributed by atoms with Gasteiger partial charge >= 0.3 is 0 Å². The Kier molecular flexibility index (Phi) is 5.48. The third-order valence-corrected chi connectivity index (χ3v) is 8.42. The van der Waals surface area contributed by atoms with Crippen LogP contribution in [0.1, 0.15) is 32.1 Å². The standard InChI is InChI=1S/C22H28ClN7S/c1-28(2)20-18(23)15(5-9-25-20)31-16-14-27-21(30-13-10-26-19(16)30)29-11-7-22(8-12-29)6-3-4-17(22)24/h5,9-10,13-14,17H,3-4,6-8,11-12,24H2,1-2H3/t17-/m1/s1. The first-order valence-corrected chi connectivity index (χ1v) is 12.0. The van der Waals surface area contributed by atoms with Crippen LogP contribution < -0.4 is 15.5 Å². The van der Waals surface area contributed by atoms with Crippen molar-refractivity contribution in [1.29, 1.82) is 0 Å². The monoisotopic (exact) mass is 457 g/mol. The van der Waals surface area contributed by atoms with Crippen LogP contribution in [0.15, 0.2) is 40.6 Å². The molecule has 1 saturated carbocycles. The van der Waals surface area contributed by atoms with Crippen molar-refractivity contribution < 1.29 is 0 Å². The molecule has 0 unspecified atom stereocenters. The zero-order chi connectivity index (χ0) is 21.6. The number of halogens is 1. The van der Waals surface area contributed by atoms with E-state index in [1.54, 1.807) is 18.0 Å². The molecule has 4 heterocycles. The maximum absolute atomic E-state index is 6.61. The Morgan fingerprint density at radius 3 is 2.65 bits per heavy atom. The predicted molar refractivity (Wildman–Crippen MR) is 126 cm³/mol. The second kappa shape index (κ2) is 8.15. The minimum Gasteiger partial charge on any atom is -0.361 e. The summed E-state index contributed by atoms with van der Waals surface area (Å²) in [6.07, 6.45) is 13.5. The van der Waals surface area contributed by atoms with Crippen LogP contribution in [0.3, 0.4) is 0 Å². The first-order valence-electron chi connectivity index (χ1n) is 10.8. The summed E-state index contributed by atoms with van der Waals surface area (Å²) in [5.41, 5.74) is 7.70. The minimum absolute atomic E-state index is 0.336. The summed E-state index contributed by atoms with van der Waals surface area (Å²) in [6.45, 7) is 1.98. The normalized spacial score (nSPS) is 20.6. The molecule has 0 aromatic carbocycles. The fourth-order valence-electron chi connectivity index (χ4n) is 5.05. The average molecular weight is 458 g/mol. The van der Waals surface area contributed by atoms with Crippen LogP contribution in [0.4, 0.5) is 11.8 Å². The zero-order valence-corrected chi connectivity index (χ0v) is 19.5. The number of nitrogens with zero attached hydrogens (tertiary/aromatic N) is 6. The number of rotatable bonds is 4. The lowest BCUT2D eigenvalue weighted by Crippen LogP contribution is -2.47. The third kappa shape index (κ3) is 3.64. The first kappa shape index (κ1) is 20.8. The largest absolute Gasteiger partial charge is 0.361 e. The van der Waals surface area contributed by atoms with Crippen LogP contribution in [-0.4, -0.2) is 52.6 Å². The van der Waals surface area contributed by atoms with Gasteiger partial charge in [0.25, 0.3) is 0 Å². The van der Waals surface area contributed by atoms with E-state index < -0.39 is 0 Å². The number of piperidine rings is 1. The predicted octanol–water partition coefficient (Wildman–Crippen LogP) is 4.09. The summed E-state index contributed by atoms with van der Waals surface area (Å²) < 4.78 is 2.09. The fraction of sp³-hybridized carbons (Fsp3) is 0.500. The Bertz CT molecular complexity index is 1090. The van der Waals surface area contributed by atoms with Crippen LogP contribution in [0.2, 0.25) is 5.02 Å². The van der Waals surface area contributed by atoms with Crippen molar-refractivity contribution in [1.82, 2.24) is 19.4 Å². The Morgan fingerprint density at radius 1 is 1.13 bits per heavy atom. The van der Waals surface area contributed by atoms with Gasteiger partial charge in [0.15, 0.2) is 5.65 Å². The molecule has 9 heteroatoms. The molecule has 0 amide bonds. The van der Waals surface area contributed by atoms with Gasteiger partial charge in [-0.25, -0.2) is 15.0 Å². The second-order valence-corrected chi connectivity index (χ2v) is 10.3. The topological polar surface area (TPSA) is 75.6 Å². The van der Waals surface area contributed by atoms with Crippen LogP contribution in [-0.2, 0) is 0 Å². The number of fused-ring (bicyclic) bond motifs is 1. The Morgan fingerprint density at radius 2 is 1.94 bits per heavy atom. The molecule has 31 heavy (non-hydrogen) atoms. The molecule has 5 rings (SSSR count). The summed E-state index contributed by atoms with van der Waals surface area (Å²) in [5.74, 6) is 1.70. The van der Waals surface area contributed by atoms with Gasteiger partial charge in [0.2, 0.25) is 5.95 Å². The highest BCUT2D eigenvalue weighted by atomic mass is 35.5. The van der Waals surface area contributed by atoms with Crippen molar-refractivity contribution in [3.63, 3.8) is 0 Å². The second-order valence-electron chi connectivity index (χ2n) is 8.83.